The van der Waals surface area contributed by atoms with Gasteiger partial charge in [0.2, 0.25) is 11.8 Å². The molecular weight excluding hydrogens is 364 g/mol. The summed E-state index contributed by atoms with van der Waals surface area (Å²) in [5.74, 6) is -3.82. The number of benzene rings is 3. The van der Waals surface area contributed by atoms with Gasteiger partial charge in [-0.1, -0.05) is 24.3 Å². The molecule has 3 aromatic carbocycles. The molecule has 3 aromatic rings. The van der Waals surface area contributed by atoms with Gasteiger partial charge < -0.3 is 31.9 Å². The molecule has 0 radical (unpaired) electrons. The maximum absolute atomic E-state index is 12.1. The van der Waals surface area contributed by atoms with Crippen LogP contribution in [0.15, 0.2) is 48.5 Å². The third-order valence-corrected chi connectivity index (χ3v) is 4.30. The molecule has 0 atom stereocenters. The number of primary amides is 2. The fraction of sp³-hybridized carbons (Fsp3) is 0. The molecule has 0 saturated heterocycles. The molecule has 0 aliphatic carbocycles. The Morgan fingerprint density at radius 3 is 1.29 bits per heavy atom. The van der Waals surface area contributed by atoms with E-state index in [9.17, 15) is 30.0 Å². The minimum Gasteiger partial charge on any atom is -0.504 e. The molecule has 0 spiro atoms. The van der Waals surface area contributed by atoms with Gasteiger partial charge in [-0.15, -0.1) is 0 Å². The van der Waals surface area contributed by atoms with Gasteiger partial charge in [0.25, 0.3) is 0 Å². The number of phenolic OH excluding ortho intramolecular Hbond substituents is 4. The molecule has 0 fully saturated rings. The van der Waals surface area contributed by atoms with Crippen LogP contribution in [-0.2, 0) is 0 Å². The summed E-state index contributed by atoms with van der Waals surface area (Å²) in [4.78, 5) is 24.1. The average molecular weight is 380 g/mol. The van der Waals surface area contributed by atoms with Crippen LogP contribution >= 0.6 is 0 Å². The Labute approximate surface area is 158 Å². The van der Waals surface area contributed by atoms with Crippen molar-refractivity contribution in [2.75, 3.05) is 0 Å². The van der Waals surface area contributed by atoms with Gasteiger partial charge in [0.1, 0.15) is 0 Å². The molecule has 3 rings (SSSR count). The lowest BCUT2D eigenvalue weighted by Crippen LogP contribution is -2.17. The molecule has 0 heterocycles. The van der Waals surface area contributed by atoms with Gasteiger partial charge in [-0.25, -0.2) is 0 Å². The van der Waals surface area contributed by atoms with E-state index in [-0.39, 0.29) is 33.4 Å². The van der Waals surface area contributed by atoms with E-state index in [0.29, 0.717) is 0 Å². The van der Waals surface area contributed by atoms with Crippen molar-refractivity contribution in [3.05, 3.63) is 59.7 Å². The summed E-state index contributed by atoms with van der Waals surface area (Å²) < 4.78 is 0. The van der Waals surface area contributed by atoms with Gasteiger partial charge in [0, 0.05) is 33.4 Å². The molecule has 28 heavy (non-hydrogen) atoms. The van der Waals surface area contributed by atoms with E-state index in [4.69, 9.17) is 11.5 Å². The Morgan fingerprint density at radius 2 is 0.964 bits per heavy atom. The summed E-state index contributed by atoms with van der Waals surface area (Å²) in [6, 6.07) is 10.6. The summed E-state index contributed by atoms with van der Waals surface area (Å²) >= 11 is 0. The zero-order valence-electron chi connectivity index (χ0n) is 14.4. The first-order valence-electron chi connectivity index (χ1n) is 8.03. The number of aromatic hydroxyl groups is 4. The number of phenols is 4. The van der Waals surface area contributed by atoms with Crippen LogP contribution in [0.5, 0.6) is 23.0 Å². The quantitative estimate of drug-likeness (QED) is 0.379. The van der Waals surface area contributed by atoms with E-state index in [2.05, 4.69) is 0 Å². The Morgan fingerprint density at radius 1 is 0.607 bits per heavy atom. The van der Waals surface area contributed by atoms with Crippen molar-refractivity contribution in [3.63, 3.8) is 0 Å². The molecule has 8 N–H and O–H groups in total. The Bertz CT molecular complexity index is 1040. The maximum Gasteiger partial charge on any atom is 0.249 e. The van der Waals surface area contributed by atoms with Crippen molar-refractivity contribution in [1.29, 1.82) is 0 Å². The molecule has 8 nitrogen and oxygen atoms in total. The third-order valence-electron chi connectivity index (χ3n) is 4.30. The van der Waals surface area contributed by atoms with Crippen LogP contribution in [-0.4, -0.2) is 32.2 Å². The zero-order chi connectivity index (χ0) is 20.6. The number of carbonyl (C=O) groups is 2. The van der Waals surface area contributed by atoms with Crippen LogP contribution in [0.3, 0.4) is 0 Å². The fourth-order valence-corrected chi connectivity index (χ4v) is 3.04. The second-order valence-electron chi connectivity index (χ2n) is 5.99. The number of para-hydroxylation sites is 2. The highest BCUT2D eigenvalue weighted by molar-refractivity contribution is 6.11. The number of rotatable bonds is 4. The predicted octanol–water partition coefficient (Wildman–Crippen LogP) is 2.04. The van der Waals surface area contributed by atoms with Crippen LogP contribution in [0.1, 0.15) is 20.7 Å². The second kappa shape index (κ2) is 6.84. The highest BCUT2D eigenvalue weighted by Gasteiger charge is 2.26. The highest BCUT2D eigenvalue weighted by atomic mass is 16.3. The minimum atomic E-state index is -0.880. The first kappa shape index (κ1) is 18.6. The molecular formula is C20H16N2O6. The van der Waals surface area contributed by atoms with Crippen molar-refractivity contribution in [1.82, 2.24) is 0 Å². The molecule has 0 unspecified atom stereocenters. The van der Waals surface area contributed by atoms with Crippen molar-refractivity contribution in [3.8, 4) is 45.3 Å². The number of hydrogen-bond donors (Lipinski definition) is 6. The Kier molecular flexibility index (Phi) is 4.54. The SMILES string of the molecule is NC(=O)c1ccc(C(N)=O)c(-c2cccc(O)c2O)c1-c1cccc(O)c1O. The molecule has 142 valence electrons. The number of carbonyl (C=O) groups excluding carboxylic acids is 2. The number of nitrogens with two attached hydrogens (primary N) is 2. The van der Waals surface area contributed by atoms with E-state index in [1.807, 2.05) is 0 Å². The van der Waals surface area contributed by atoms with Gasteiger partial charge >= 0.3 is 0 Å². The van der Waals surface area contributed by atoms with E-state index in [0.717, 1.165) is 0 Å². The van der Waals surface area contributed by atoms with Crippen molar-refractivity contribution >= 4 is 11.8 Å². The second-order valence-corrected chi connectivity index (χ2v) is 5.99. The molecule has 2 amide bonds. The van der Waals surface area contributed by atoms with E-state index in [1.165, 1.54) is 48.5 Å². The topological polar surface area (TPSA) is 167 Å². The maximum atomic E-state index is 12.1. The first-order valence-corrected chi connectivity index (χ1v) is 8.03. The third kappa shape index (κ3) is 2.92. The molecule has 0 aliphatic heterocycles. The monoisotopic (exact) mass is 380 g/mol. The van der Waals surface area contributed by atoms with E-state index < -0.39 is 34.8 Å². The fourth-order valence-electron chi connectivity index (χ4n) is 3.04. The van der Waals surface area contributed by atoms with E-state index in [1.54, 1.807) is 0 Å². The van der Waals surface area contributed by atoms with E-state index >= 15 is 0 Å². The average Bonchev–Trinajstić information content (AvgIpc) is 2.65. The van der Waals surface area contributed by atoms with Gasteiger partial charge in [-0.3, -0.25) is 9.59 Å². The van der Waals surface area contributed by atoms with Crippen LogP contribution in [0.2, 0.25) is 0 Å². The summed E-state index contributed by atoms with van der Waals surface area (Å²) in [7, 11) is 0. The molecule has 0 aliphatic rings. The summed E-state index contributed by atoms with van der Waals surface area (Å²) in [5, 5.41) is 40.5. The van der Waals surface area contributed by atoms with Crippen molar-refractivity contribution in [2.24, 2.45) is 11.5 Å². The Balaban J connectivity index is 2.57. The summed E-state index contributed by atoms with van der Waals surface area (Å²) in [6.07, 6.45) is 0. The van der Waals surface area contributed by atoms with Gasteiger partial charge in [-0.2, -0.15) is 0 Å². The lowest BCUT2D eigenvalue weighted by molar-refractivity contribution is 0.0989. The van der Waals surface area contributed by atoms with Crippen LogP contribution < -0.4 is 11.5 Å². The molecule has 8 heteroatoms. The summed E-state index contributed by atoms with van der Waals surface area (Å²) in [5.41, 5.74) is 10.7. The molecule has 0 bridgehead atoms. The summed E-state index contributed by atoms with van der Waals surface area (Å²) in [6.45, 7) is 0. The lowest BCUT2D eigenvalue weighted by Gasteiger charge is -2.19. The lowest BCUT2D eigenvalue weighted by atomic mass is 9.85. The Hall–Kier alpha value is -4.20. The zero-order valence-corrected chi connectivity index (χ0v) is 14.4. The van der Waals surface area contributed by atoms with Gasteiger partial charge in [0.15, 0.2) is 23.0 Å². The smallest absolute Gasteiger partial charge is 0.249 e. The van der Waals surface area contributed by atoms with Crippen molar-refractivity contribution in [2.45, 2.75) is 0 Å². The first-order chi connectivity index (χ1) is 13.2. The van der Waals surface area contributed by atoms with Crippen molar-refractivity contribution < 1.29 is 30.0 Å². The highest BCUT2D eigenvalue weighted by Crippen LogP contribution is 2.47. The number of amides is 2. The van der Waals surface area contributed by atoms with Gasteiger partial charge in [-0.05, 0) is 24.3 Å². The standard InChI is InChI=1S/C20H16N2O6/c21-19(27)11-7-8-12(20(22)28)16(10-4-2-6-14(24)18(10)26)15(11)9-3-1-5-13(23)17(9)25/h1-8,23-26H,(H2,21,27)(H2,22,28). The van der Waals surface area contributed by atoms with Crippen LogP contribution in [0.25, 0.3) is 22.3 Å². The predicted molar refractivity (Wildman–Crippen MR) is 101 cm³/mol. The molecule has 0 saturated carbocycles. The number of hydrogen-bond acceptors (Lipinski definition) is 6. The van der Waals surface area contributed by atoms with Crippen LogP contribution in [0.4, 0.5) is 0 Å². The van der Waals surface area contributed by atoms with Gasteiger partial charge in [0.05, 0.1) is 0 Å². The largest absolute Gasteiger partial charge is 0.504 e. The van der Waals surface area contributed by atoms with Crippen LogP contribution in [0, 0.1) is 0 Å². The normalized spacial score (nSPS) is 10.6. The molecule has 0 aromatic heterocycles. The minimum absolute atomic E-state index is 0.0188.